The highest BCUT2D eigenvalue weighted by Gasteiger charge is 2.25. The summed E-state index contributed by atoms with van der Waals surface area (Å²) in [7, 11) is 0. The standard InChI is InChI=1S/C28H35N3O2/c1-19(2)31(20(3)4)28(33)24-17-26(21-10-6-5-7-11-21)29-25-13-12-22(16-23(24)25)27(32)18-30-14-8-9-15-30/h5-7,10-13,16-17,19-20,27,32H,8-9,14-15,18H2,1-4H3. The second-order valence-corrected chi connectivity index (χ2v) is 9.62. The van der Waals surface area contributed by atoms with Gasteiger partial charge in [0, 0.05) is 29.6 Å². The molecule has 0 bridgehead atoms. The van der Waals surface area contributed by atoms with Crippen LogP contribution in [0.3, 0.4) is 0 Å². The highest BCUT2D eigenvalue weighted by molar-refractivity contribution is 6.07. The van der Waals surface area contributed by atoms with Gasteiger partial charge >= 0.3 is 0 Å². The van der Waals surface area contributed by atoms with Gasteiger partial charge in [-0.3, -0.25) is 4.79 Å². The number of carbonyl (C=O) groups excluding carboxylic acids is 1. The lowest BCUT2D eigenvalue weighted by atomic mass is 9.98. The minimum absolute atomic E-state index is 0.00392. The Kier molecular flexibility index (Phi) is 7.11. The van der Waals surface area contributed by atoms with E-state index in [1.165, 1.54) is 12.8 Å². The lowest BCUT2D eigenvalue weighted by Gasteiger charge is -2.31. The van der Waals surface area contributed by atoms with Crippen LogP contribution in [0.4, 0.5) is 0 Å². The second-order valence-electron chi connectivity index (χ2n) is 9.62. The van der Waals surface area contributed by atoms with Gasteiger partial charge in [0.1, 0.15) is 0 Å². The van der Waals surface area contributed by atoms with Crippen LogP contribution in [0.2, 0.25) is 0 Å². The van der Waals surface area contributed by atoms with Gasteiger partial charge in [-0.15, -0.1) is 0 Å². The third-order valence-corrected chi connectivity index (χ3v) is 6.49. The molecule has 0 aliphatic carbocycles. The first kappa shape index (κ1) is 23.4. The Bertz CT molecular complexity index is 1100. The summed E-state index contributed by atoms with van der Waals surface area (Å²) in [5.74, 6) is -0.00392. The van der Waals surface area contributed by atoms with Gasteiger partial charge < -0.3 is 14.9 Å². The van der Waals surface area contributed by atoms with Crippen LogP contribution in [0.25, 0.3) is 22.2 Å². The number of β-amino-alcohol motifs (C(OH)–C–C–N with tert-alkyl or cyclic N) is 1. The zero-order valence-corrected chi connectivity index (χ0v) is 20.2. The molecule has 1 aromatic heterocycles. The molecule has 3 aromatic rings. The van der Waals surface area contributed by atoms with Gasteiger partial charge in [-0.2, -0.15) is 0 Å². The molecule has 2 heterocycles. The Morgan fingerprint density at radius 2 is 1.67 bits per heavy atom. The molecule has 0 radical (unpaired) electrons. The van der Waals surface area contributed by atoms with Gasteiger partial charge in [0.05, 0.1) is 22.9 Å². The smallest absolute Gasteiger partial charge is 0.255 e. The molecule has 1 unspecified atom stereocenters. The van der Waals surface area contributed by atoms with Gasteiger partial charge in [-0.1, -0.05) is 36.4 Å². The fourth-order valence-corrected chi connectivity index (χ4v) is 4.90. The Balaban J connectivity index is 1.81. The van der Waals surface area contributed by atoms with E-state index in [1.54, 1.807) is 0 Å². The molecule has 0 saturated carbocycles. The number of likely N-dealkylation sites (tertiary alicyclic amines) is 1. The predicted molar refractivity (Wildman–Crippen MR) is 134 cm³/mol. The summed E-state index contributed by atoms with van der Waals surface area (Å²) < 4.78 is 0. The summed E-state index contributed by atoms with van der Waals surface area (Å²) in [4.78, 5) is 22.9. The summed E-state index contributed by atoms with van der Waals surface area (Å²) in [5, 5.41) is 11.7. The molecule has 1 N–H and O–H groups in total. The van der Waals surface area contributed by atoms with Crippen molar-refractivity contribution >= 4 is 16.8 Å². The van der Waals surface area contributed by atoms with E-state index in [1.807, 2.05) is 87.2 Å². The van der Waals surface area contributed by atoms with Crippen LogP contribution in [0.1, 0.15) is 62.6 Å². The minimum atomic E-state index is -0.587. The number of aliphatic hydroxyl groups excluding tert-OH is 1. The number of aromatic nitrogens is 1. The van der Waals surface area contributed by atoms with Crippen molar-refractivity contribution in [3.05, 3.63) is 65.7 Å². The summed E-state index contributed by atoms with van der Waals surface area (Å²) in [6.45, 7) is 10.9. The largest absolute Gasteiger partial charge is 0.387 e. The Labute approximate surface area is 197 Å². The third kappa shape index (κ3) is 5.10. The maximum Gasteiger partial charge on any atom is 0.255 e. The SMILES string of the molecule is CC(C)N(C(=O)c1cc(-c2ccccc2)nc2ccc(C(O)CN3CCCC3)cc12)C(C)C. The van der Waals surface area contributed by atoms with E-state index in [9.17, 15) is 9.90 Å². The maximum absolute atomic E-state index is 13.8. The van der Waals surface area contributed by atoms with Crippen molar-refractivity contribution in [2.75, 3.05) is 19.6 Å². The van der Waals surface area contributed by atoms with Crippen LogP contribution in [-0.2, 0) is 0 Å². The van der Waals surface area contributed by atoms with Crippen LogP contribution in [0.15, 0.2) is 54.6 Å². The fraction of sp³-hybridized carbons (Fsp3) is 0.429. The normalized spacial score (nSPS) is 15.5. The number of amides is 1. The highest BCUT2D eigenvalue weighted by Crippen LogP contribution is 2.29. The van der Waals surface area contributed by atoms with Crippen molar-refractivity contribution < 1.29 is 9.90 Å². The third-order valence-electron chi connectivity index (χ3n) is 6.49. The zero-order chi connectivity index (χ0) is 23.5. The van der Waals surface area contributed by atoms with Crippen molar-refractivity contribution in [2.24, 2.45) is 0 Å². The number of nitrogens with zero attached hydrogens (tertiary/aromatic N) is 3. The Morgan fingerprint density at radius 3 is 2.30 bits per heavy atom. The molecule has 1 atom stereocenters. The number of hydrogen-bond acceptors (Lipinski definition) is 4. The highest BCUT2D eigenvalue weighted by atomic mass is 16.3. The molecule has 174 valence electrons. The van der Waals surface area contributed by atoms with E-state index in [-0.39, 0.29) is 18.0 Å². The van der Waals surface area contributed by atoms with Crippen LogP contribution in [-0.4, -0.2) is 57.5 Å². The van der Waals surface area contributed by atoms with Gasteiger partial charge in [0.15, 0.2) is 0 Å². The molecule has 5 heteroatoms. The van der Waals surface area contributed by atoms with Crippen LogP contribution in [0.5, 0.6) is 0 Å². The number of rotatable bonds is 7. The summed E-state index contributed by atoms with van der Waals surface area (Å²) in [5.41, 5.74) is 4.00. The lowest BCUT2D eigenvalue weighted by molar-refractivity contribution is 0.0645. The van der Waals surface area contributed by atoms with E-state index in [4.69, 9.17) is 4.98 Å². The molecule has 4 rings (SSSR count). The minimum Gasteiger partial charge on any atom is -0.387 e. The summed E-state index contributed by atoms with van der Waals surface area (Å²) >= 11 is 0. The van der Waals surface area contributed by atoms with E-state index >= 15 is 0 Å². The average Bonchev–Trinajstić information content (AvgIpc) is 3.31. The number of aliphatic hydroxyl groups is 1. The van der Waals surface area contributed by atoms with E-state index in [0.29, 0.717) is 12.1 Å². The number of hydrogen-bond donors (Lipinski definition) is 1. The molecule has 1 fully saturated rings. The molecule has 1 saturated heterocycles. The van der Waals surface area contributed by atoms with Crippen LogP contribution < -0.4 is 0 Å². The van der Waals surface area contributed by atoms with Crippen molar-refractivity contribution in [3.63, 3.8) is 0 Å². The van der Waals surface area contributed by atoms with E-state index in [2.05, 4.69) is 4.90 Å². The molecular formula is C28H35N3O2. The predicted octanol–water partition coefficient (Wildman–Crippen LogP) is 5.29. The topological polar surface area (TPSA) is 56.7 Å². The van der Waals surface area contributed by atoms with Crippen molar-refractivity contribution in [2.45, 2.75) is 58.7 Å². The van der Waals surface area contributed by atoms with E-state index in [0.717, 1.165) is 40.8 Å². The zero-order valence-electron chi connectivity index (χ0n) is 20.2. The molecule has 1 amide bonds. The molecular weight excluding hydrogens is 410 g/mol. The monoisotopic (exact) mass is 445 g/mol. The van der Waals surface area contributed by atoms with Crippen LogP contribution >= 0.6 is 0 Å². The lowest BCUT2D eigenvalue weighted by Crippen LogP contribution is -2.42. The maximum atomic E-state index is 13.8. The number of pyridine rings is 1. The summed E-state index contributed by atoms with van der Waals surface area (Å²) in [6.07, 6.45) is 1.79. The first-order valence-electron chi connectivity index (χ1n) is 12.1. The fourth-order valence-electron chi connectivity index (χ4n) is 4.90. The Morgan fingerprint density at radius 1 is 1.00 bits per heavy atom. The number of carbonyl (C=O) groups is 1. The van der Waals surface area contributed by atoms with E-state index < -0.39 is 6.10 Å². The molecule has 33 heavy (non-hydrogen) atoms. The Hall–Kier alpha value is -2.76. The number of fused-ring (bicyclic) bond motifs is 1. The molecule has 1 aliphatic rings. The quantitative estimate of drug-likeness (QED) is 0.537. The average molecular weight is 446 g/mol. The molecule has 2 aromatic carbocycles. The second kappa shape index (κ2) is 10.0. The molecule has 0 spiro atoms. The van der Waals surface area contributed by atoms with Gasteiger partial charge in [-0.25, -0.2) is 4.98 Å². The summed E-state index contributed by atoms with van der Waals surface area (Å²) in [6, 6.07) is 17.9. The number of benzene rings is 2. The van der Waals surface area contributed by atoms with Gasteiger partial charge in [0.25, 0.3) is 5.91 Å². The van der Waals surface area contributed by atoms with Gasteiger partial charge in [0.2, 0.25) is 0 Å². The van der Waals surface area contributed by atoms with Crippen molar-refractivity contribution in [1.29, 1.82) is 0 Å². The first-order chi connectivity index (χ1) is 15.8. The molecule has 1 aliphatic heterocycles. The molecule has 5 nitrogen and oxygen atoms in total. The van der Waals surface area contributed by atoms with Gasteiger partial charge in [-0.05, 0) is 77.4 Å². The van der Waals surface area contributed by atoms with Crippen LogP contribution in [0, 0.1) is 0 Å². The van der Waals surface area contributed by atoms with Crippen molar-refractivity contribution in [1.82, 2.24) is 14.8 Å². The van der Waals surface area contributed by atoms with Crippen molar-refractivity contribution in [3.8, 4) is 11.3 Å². The first-order valence-corrected chi connectivity index (χ1v) is 12.1.